The van der Waals surface area contributed by atoms with Crippen molar-refractivity contribution in [1.29, 1.82) is 0 Å². The van der Waals surface area contributed by atoms with Gasteiger partial charge < -0.3 is 9.64 Å². The number of hydrogen-bond acceptors (Lipinski definition) is 2. The van der Waals surface area contributed by atoms with Crippen LogP contribution in [0.15, 0.2) is 24.3 Å². The van der Waals surface area contributed by atoms with Gasteiger partial charge in [0.1, 0.15) is 5.75 Å². The lowest BCUT2D eigenvalue weighted by atomic mass is 10.2. The van der Waals surface area contributed by atoms with E-state index in [1.54, 1.807) is 19.1 Å². The van der Waals surface area contributed by atoms with E-state index in [1.807, 2.05) is 45.0 Å². The highest BCUT2D eigenvalue weighted by atomic mass is 79.9. The number of nitrogens with zero attached hydrogens (tertiary/aromatic N) is 1. The smallest absolute Gasteiger partial charge is 0.240 e. The second-order valence-corrected chi connectivity index (χ2v) is 4.58. The molecule has 0 aliphatic carbocycles. The third-order valence-corrected chi connectivity index (χ3v) is 2.52. The molecule has 17 heavy (non-hydrogen) atoms. The number of carbonyl (C=O) groups excluding carboxylic acids is 1. The van der Waals surface area contributed by atoms with Gasteiger partial charge in [0.05, 0.1) is 11.9 Å². The number of ether oxygens (including phenoxy) is 1. The monoisotopic (exact) mass is 301 g/mol. The summed E-state index contributed by atoms with van der Waals surface area (Å²) in [6.45, 7) is 5.81. The van der Waals surface area contributed by atoms with Crippen molar-refractivity contribution in [3.8, 4) is 5.75 Å². The van der Waals surface area contributed by atoms with Crippen LogP contribution in [0.1, 0.15) is 20.8 Å². The molecule has 0 saturated carbocycles. The molecule has 1 rings (SSSR count). The maximum absolute atomic E-state index is 11.6. The molecule has 0 N–H and O–H groups in total. The van der Waals surface area contributed by atoms with Crippen molar-refractivity contribution < 1.29 is 9.53 Å². The highest BCUT2D eigenvalue weighted by molar-refractivity contribution is 9.10. The normalized spacial score (nSPS) is 10.9. The summed E-state index contributed by atoms with van der Waals surface area (Å²) in [6.07, 6.45) is 0. The van der Waals surface area contributed by atoms with Crippen molar-refractivity contribution >= 4 is 27.5 Å². The average molecular weight is 302 g/mol. The predicted octanol–water partition coefficient (Wildman–Crippen LogP) is 3.47. The first-order valence-electron chi connectivity index (χ1n) is 5.62. The number of hydrogen-bond donors (Lipinski definition) is 0. The Bertz CT molecular complexity index is 336. The van der Waals surface area contributed by atoms with Crippen LogP contribution in [0, 0.1) is 0 Å². The van der Waals surface area contributed by atoms with Gasteiger partial charge in [-0.1, -0.05) is 29.8 Å². The van der Waals surface area contributed by atoms with E-state index in [9.17, 15) is 4.79 Å². The fourth-order valence-corrected chi connectivity index (χ4v) is 1.51. The number of halogens is 1. The Hall–Kier alpha value is -1.03. The minimum atomic E-state index is -0.176. The number of alkyl halides is 1. The van der Waals surface area contributed by atoms with Crippen LogP contribution >= 0.6 is 15.9 Å². The quantitative estimate of drug-likeness (QED) is 0.800. The van der Waals surface area contributed by atoms with Crippen molar-refractivity contribution in [3.63, 3.8) is 0 Å². The van der Waals surface area contributed by atoms with Gasteiger partial charge in [-0.2, -0.15) is 0 Å². The zero-order valence-corrected chi connectivity index (χ0v) is 12.6. The molecule has 0 radical (unpaired) electrons. The minimum absolute atomic E-state index is 0.0279. The fraction of sp³-hybridized carbons (Fsp3) is 0.462. The van der Waals surface area contributed by atoms with Gasteiger partial charge in [-0.05, 0) is 31.2 Å². The largest absolute Gasteiger partial charge is 0.497 e. The summed E-state index contributed by atoms with van der Waals surface area (Å²) < 4.78 is 5.04. The van der Waals surface area contributed by atoms with Crippen molar-refractivity contribution in [2.75, 3.05) is 19.1 Å². The molecular formula is C13H20BrNO2. The van der Waals surface area contributed by atoms with Gasteiger partial charge in [0.25, 0.3) is 0 Å². The number of amides is 1. The standard InChI is InChI=1S/C11H14BrNO2.C2H6/c1-8(12)11(14)13(2)9-4-6-10(15-3)7-5-9;1-2/h4-8H,1-3H3;1-2H3. The Morgan fingerprint density at radius 1 is 1.29 bits per heavy atom. The number of rotatable bonds is 3. The maximum Gasteiger partial charge on any atom is 0.240 e. The maximum atomic E-state index is 11.6. The molecule has 0 fully saturated rings. The summed E-state index contributed by atoms with van der Waals surface area (Å²) in [6, 6.07) is 7.37. The van der Waals surface area contributed by atoms with E-state index in [1.165, 1.54) is 0 Å². The van der Waals surface area contributed by atoms with E-state index in [-0.39, 0.29) is 10.7 Å². The average Bonchev–Trinajstić information content (AvgIpc) is 2.39. The third kappa shape index (κ3) is 4.77. The molecule has 0 aliphatic rings. The summed E-state index contributed by atoms with van der Waals surface area (Å²) in [5, 5.41) is 0. The summed E-state index contributed by atoms with van der Waals surface area (Å²) in [4.78, 5) is 13.1. The lowest BCUT2D eigenvalue weighted by Gasteiger charge is -2.18. The molecular weight excluding hydrogens is 282 g/mol. The van der Waals surface area contributed by atoms with Crippen molar-refractivity contribution in [3.05, 3.63) is 24.3 Å². The highest BCUT2D eigenvalue weighted by Crippen LogP contribution is 2.19. The van der Waals surface area contributed by atoms with Crippen LogP contribution < -0.4 is 9.64 Å². The molecule has 0 bridgehead atoms. The van der Waals surface area contributed by atoms with Crippen LogP contribution in [0.4, 0.5) is 5.69 Å². The predicted molar refractivity (Wildman–Crippen MR) is 76.1 cm³/mol. The minimum Gasteiger partial charge on any atom is -0.497 e. The number of anilines is 1. The van der Waals surface area contributed by atoms with Crippen LogP contribution in [0.2, 0.25) is 0 Å². The van der Waals surface area contributed by atoms with Crippen LogP contribution in [-0.2, 0) is 4.79 Å². The molecule has 4 heteroatoms. The van der Waals surface area contributed by atoms with Crippen molar-refractivity contribution in [2.24, 2.45) is 0 Å². The summed E-state index contributed by atoms with van der Waals surface area (Å²) >= 11 is 3.25. The Morgan fingerprint density at radius 3 is 2.12 bits per heavy atom. The van der Waals surface area contributed by atoms with Crippen LogP contribution in [-0.4, -0.2) is 24.9 Å². The summed E-state index contributed by atoms with van der Waals surface area (Å²) in [5.41, 5.74) is 0.854. The molecule has 0 heterocycles. The van der Waals surface area contributed by atoms with E-state index >= 15 is 0 Å². The van der Waals surface area contributed by atoms with E-state index in [2.05, 4.69) is 15.9 Å². The van der Waals surface area contributed by atoms with E-state index < -0.39 is 0 Å². The molecule has 0 saturated heterocycles. The lowest BCUT2D eigenvalue weighted by molar-refractivity contribution is -0.117. The number of benzene rings is 1. The van der Waals surface area contributed by atoms with Crippen LogP contribution in [0.3, 0.4) is 0 Å². The van der Waals surface area contributed by atoms with Gasteiger partial charge in [0.2, 0.25) is 5.91 Å². The Morgan fingerprint density at radius 2 is 1.76 bits per heavy atom. The molecule has 0 aliphatic heterocycles. The summed E-state index contributed by atoms with van der Waals surface area (Å²) in [5.74, 6) is 0.812. The molecule has 1 unspecified atom stereocenters. The second kappa shape index (κ2) is 8.12. The topological polar surface area (TPSA) is 29.5 Å². The van der Waals surface area contributed by atoms with E-state index in [0.29, 0.717) is 0 Å². The second-order valence-electron chi connectivity index (χ2n) is 3.21. The Balaban J connectivity index is 0.00000121. The Labute approximate surface area is 112 Å². The number of carbonyl (C=O) groups is 1. The van der Waals surface area contributed by atoms with E-state index in [0.717, 1.165) is 11.4 Å². The molecule has 0 spiro atoms. The Kier molecular flexibility index (Phi) is 7.63. The zero-order chi connectivity index (χ0) is 13.4. The first kappa shape index (κ1) is 16.0. The highest BCUT2D eigenvalue weighted by Gasteiger charge is 2.15. The van der Waals surface area contributed by atoms with Gasteiger partial charge in [0, 0.05) is 12.7 Å². The SMILES string of the molecule is CC.COc1ccc(N(C)C(=O)C(C)Br)cc1. The first-order chi connectivity index (χ1) is 8.06. The molecule has 1 aromatic carbocycles. The third-order valence-electron chi connectivity index (χ3n) is 2.13. The molecule has 1 aromatic rings. The van der Waals surface area contributed by atoms with Gasteiger partial charge in [-0.25, -0.2) is 0 Å². The van der Waals surface area contributed by atoms with Crippen LogP contribution in [0.25, 0.3) is 0 Å². The molecule has 96 valence electrons. The fourth-order valence-electron chi connectivity index (χ4n) is 1.20. The van der Waals surface area contributed by atoms with Crippen molar-refractivity contribution in [2.45, 2.75) is 25.6 Å². The van der Waals surface area contributed by atoms with Gasteiger partial charge in [-0.3, -0.25) is 4.79 Å². The molecule has 0 aromatic heterocycles. The first-order valence-corrected chi connectivity index (χ1v) is 6.53. The lowest BCUT2D eigenvalue weighted by Crippen LogP contribution is -2.31. The van der Waals surface area contributed by atoms with E-state index in [4.69, 9.17) is 4.74 Å². The van der Waals surface area contributed by atoms with Crippen LogP contribution in [0.5, 0.6) is 5.75 Å². The molecule has 1 atom stereocenters. The molecule has 1 amide bonds. The van der Waals surface area contributed by atoms with Gasteiger partial charge >= 0.3 is 0 Å². The molecule has 3 nitrogen and oxygen atoms in total. The zero-order valence-electron chi connectivity index (χ0n) is 11.0. The van der Waals surface area contributed by atoms with Crippen molar-refractivity contribution in [1.82, 2.24) is 0 Å². The number of methoxy groups -OCH3 is 1. The van der Waals surface area contributed by atoms with Gasteiger partial charge in [0.15, 0.2) is 0 Å². The van der Waals surface area contributed by atoms with Gasteiger partial charge in [-0.15, -0.1) is 0 Å². The summed E-state index contributed by atoms with van der Waals surface area (Å²) in [7, 11) is 3.37.